The Morgan fingerprint density at radius 2 is 2.50 bits per heavy atom. The first-order valence-corrected chi connectivity index (χ1v) is 1.84. The van der Waals surface area contributed by atoms with Gasteiger partial charge in [0.25, 0.3) is 0 Å². The second-order valence-corrected chi connectivity index (χ2v) is 1.16. The van der Waals surface area contributed by atoms with E-state index in [9.17, 15) is 0 Å². The molecule has 33 valence electrons. The summed E-state index contributed by atoms with van der Waals surface area (Å²) in [5.74, 6) is 0. The fraction of sp³-hybridized carbons (Fsp3) is 0.250. The molecule has 1 unspecified atom stereocenters. The predicted molar refractivity (Wildman–Crippen MR) is 22.6 cm³/mol. The lowest BCUT2D eigenvalue weighted by atomic mass is 10.6. The summed E-state index contributed by atoms with van der Waals surface area (Å²) in [6.07, 6.45) is 3.00. The standard InChI is InChI=1S/C4H6NO/c6-4-2-1-3-5-4/h1-6H. The fourth-order valence-electron chi connectivity index (χ4n) is 0.371. The SMILES string of the molecule is OC1C=C[CH]N1. The average Bonchev–Trinajstić information content (AvgIpc) is 1.86. The maximum atomic E-state index is 8.50. The van der Waals surface area contributed by atoms with E-state index in [0.717, 1.165) is 0 Å². The fourth-order valence-corrected chi connectivity index (χ4v) is 0.371. The molecular weight excluding hydrogens is 78.0 g/mol. The van der Waals surface area contributed by atoms with Gasteiger partial charge in [-0.1, -0.05) is 6.08 Å². The van der Waals surface area contributed by atoms with Crippen molar-refractivity contribution in [3.63, 3.8) is 0 Å². The molecule has 2 N–H and O–H groups in total. The first kappa shape index (κ1) is 3.84. The van der Waals surface area contributed by atoms with Crippen LogP contribution in [-0.2, 0) is 0 Å². The molecule has 0 saturated carbocycles. The monoisotopic (exact) mass is 84.0 g/mol. The Bertz CT molecular complexity index is 69.9. The summed E-state index contributed by atoms with van der Waals surface area (Å²) in [6.45, 7) is 1.70. The molecule has 0 aromatic rings. The van der Waals surface area contributed by atoms with Gasteiger partial charge in [-0.15, -0.1) is 0 Å². The molecule has 0 spiro atoms. The Balaban J connectivity index is 2.38. The van der Waals surface area contributed by atoms with Gasteiger partial charge in [0.2, 0.25) is 0 Å². The van der Waals surface area contributed by atoms with Crippen LogP contribution >= 0.6 is 0 Å². The summed E-state index contributed by atoms with van der Waals surface area (Å²) in [4.78, 5) is 0. The van der Waals surface area contributed by atoms with Crippen molar-refractivity contribution < 1.29 is 5.11 Å². The number of nitrogens with one attached hydrogen (secondary N) is 1. The van der Waals surface area contributed by atoms with Crippen LogP contribution in [0.25, 0.3) is 0 Å². The summed E-state index contributed by atoms with van der Waals surface area (Å²) >= 11 is 0. The molecule has 1 heterocycles. The molecule has 0 aromatic carbocycles. The third kappa shape index (κ3) is 0.584. The van der Waals surface area contributed by atoms with Gasteiger partial charge in [0.1, 0.15) is 6.23 Å². The summed E-state index contributed by atoms with van der Waals surface area (Å²) < 4.78 is 0. The Kier molecular flexibility index (Phi) is 0.900. The molecule has 2 nitrogen and oxygen atoms in total. The van der Waals surface area contributed by atoms with E-state index in [1.807, 2.05) is 0 Å². The highest BCUT2D eigenvalue weighted by Crippen LogP contribution is 1.90. The van der Waals surface area contributed by atoms with Crippen molar-refractivity contribution >= 4 is 0 Å². The highest BCUT2D eigenvalue weighted by Gasteiger charge is 1.98. The van der Waals surface area contributed by atoms with Crippen molar-refractivity contribution in [2.45, 2.75) is 6.23 Å². The molecule has 0 aliphatic carbocycles. The van der Waals surface area contributed by atoms with Crippen LogP contribution in [0.1, 0.15) is 0 Å². The molecule has 1 aliphatic heterocycles. The quantitative estimate of drug-likeness (QED) is 0.419. The van der Waals surface area contributed by atoms with Gasteiger partial charge in [-0.25, -0.2) is 0 Å². The van der Waals surface area contributed by atoms with Crippen molar-refractivity contribution in [2.75, 3.05) is 0 Å². The van der Waals surface area contributed by atoms with Crippen molar-refractivity contribution in [1.82, 2.24) is 5.32 Å². The molecule has 1 aliphatic rings. The van der Waals surface area contributed by atoms with Gasteiger partial charge in [-0.05, 0) is 6.08 Å². The molecule has 0 fully saturated rings. The Morgan fingerprint density at radius 3 is 2.67 bits per heavy atom. The number of hydrogen-bond donors (Lipinski definition) is 2. The van der Waals surface area contributed by atoms with Crippen molar-refractivity contribution in [2.24, 2.45) is 0 Å². The van der Waals surface area contributed by atoms with Gasteiger partial charge in [0.05, 0.1) is 0 Å². The minimum Gasteiger partial charge on any atom is -0.375 e. The van der Waals surface area contributed by atoms with Gasteiger partial charge >= 0.3 is 0 Å². The van der Waals surface area contributed by atoms with E-state index in [0.29, 0.717) is 0 Å². The lowest BCUT2D eigenvalue weighted by Crippen LogP contribution is -2.17. The second-order valence-electron chi connectivity index (χ2n) is 1.16. The summed E-state index contributed by atoms with van der Waals surface area (Å²) in [7, 11) is 0. The molecular formula is C4H6NO. The maximum absolute atomic E-state index is 8.50. The molecule has 1 radical (unpaired) electrons. The van der Waals surface area contributed by atoms with E-state index in [1.54, 1.807) is 18.7 Å². The smallest absolute Gasteiger partial charge is 0.124 e. The lowest BCUT2D eigenvalue weighted by Gasteiger charge is -1.93. The van der Waals surface area contributed by atoms with Crippen LogP contribution in [0.3, 0.4) is 0 Å². The van der Waals surface area contributed by atoms with E-state index >= 15 is 0 Å². The van der Waals surface area contributed by atoms with Gasteiger partial charge in [0, 0.05) is 6.54 Å². The van der Waals surface area contributed by atoms with Crippen LogP contribution in [-0.4, -0.2) is 11.3 Å². The van der Waals surface area contributed by atoms with E-state index < -0.39 is 6.23 Å². The van der Waals surface area contributed by atoms with Gasteiger partial charge < -0.3 is 5.11 Å². The van der Waals surface area contributed by atoms with Crippen molar-refractivity contribution in [3.8, 4) is 0 Å². The van der Waals surface area contributed by atoms with Crippen LogP contribution in [0.15, 0.2) is 12.2 Å². The normalized spacial score (nSPS) is 31.8. The molecule has 0 amide bonds. The largest absolute Gasteiger partial charge is 0.375 e. The molecule has 1 atom stereocenters. The minimum atomic E-state index is -0.440. The first-order chi connectivity index (χ1) is 2.89. The number of aliphatic hydroxyl groups excluding tert-OH is 1. The predicted octanol–water partition coefficient (Wildman–Crippen LogP) is -0.374. The van der Waals surface area contributed by atoms with Crippen LogP contribution in [0.5, 0.6) is 0 Å². The van der Waals surface area contributed by atoms with Crippen molar-refractivity contribution in [1.29, 1.82) is 0 Å². The molecule has 1 rings (SSSR count). The van der Waals surface area contributed by atoms with Crippen molar-refractivity contribution in [3.05, 3.63) is 18.7 Å². The summed E-state index contributed by atoms with van der Waals surface area (Å²) in [6, 6.07) is 0. The zero-order valence-corrected chi connectivity index (χ0v) is 3.26. The van der Waals surface area contributed by atoms with Crippen LogP contribution in [0.2, 0.25) is 0 Å². The maximum Gasteiger partial charge on any atom is 0.124 e. The van der Waals surface area contributed by atoms with Gasteiger partial charge in [-0.3, -0.25) is 5.32 Å². The van der Waals surface area contributed by atoms with E-state index in [1.165, 1.54) is 0 Å². The summed E-state index contributed by atoms with van der Waals surface area (Å²) in [5, 5.41) is 11.1. The van der Waals surface area contributed by atoms with Gasteiger partial charge in [-0.2, -0.15) is 0 Å². The van der Waals surface area contributed by atoms with E-state index in [2.05, 4.69) is 5.32 Å². The molecule has 2 heteroatoms. The Hall–Kier alpha value is -0.340. The molecule has 0 bridgehead atoms. The third-order valence-corrected chi connectivity index (χ3v) is 0.657. The minimum absolute atomic E-state index is 0.440. The highest BCUT2D eigenvalue weighted by molar-refractivity contribution is 5.04. The van der Waals surface area contributed by atoms with E-state index in [-0.39, 0.29) is 0 Å². The number of rotatable bonds is 0. The Labute approximate surface area is 36.5 Å². The first-order valence-electron chi connectivity index (χ1n) is 1.84. The molecule has 0 aromatic heterocycles. The Morgan fingerprint density at radius 1 is 1.67 bits per heavy atom. The topological polar surface area (TPSA) is 32.3 Å². The number of aliphatic hydroxyl groups is 1. The molecule has 6 heavy (non-hydrogen) atoms. The third-order valence-electron chi connectivity index (χ3n) is 0.657. The summed E-state index contributed by atoms with van der Waals surface area (Å²) in [5.41, 5.74) is 0. The average molecular weight is 84.1 g/mol. The van der Waals surface area contributed by atoms with Crippen LogP contribution in [0, 0.1) is 6.54 Å². The zero-order chi connectivity index (χ0) is 4.41. The highest BCUT2D eigenvalue weighted by atomic mass is 16.3. The molecule has 0 saturated heterocycles. The van der Waals surface area contributed by atoms with Gasteiger partial charge in [0.15, 0.2) is 0 Å². The number of hydrogen-bond acceptors (Lipinski definition) is 2. The van der Waals surface area contributed by atoms with E-state index in [4.69, 9.17) is 5.11 Å². The zero-order valence-electron chi connectivity index (χ0n) is 3.26. The lowest BCUT2D eigenvalue weighted by molar-refractivity contribution is 0.205. The second kappa shape index (κ2) is 1.41. The van der Waals surface area contributed by atoms with Crippen LogP contribution in [0.4, 0.5) is 0 Å². The van der Waals surface area contributed by atoms with Crippen LogP contribution < -0.4 is 5.32 Å².